The summed E-state index contributed by atoms with van der Waals surface area (Å²) in [6.07, 6.45) is 0. The summed E-state index contributed by atoms with van der Waals surface area (Å²) in [4.78, 5) is 2.19. The summed E-state index contributed by atoms with van der Waals surface area (Å²) in [6, 6.07) is 5.04. The van der Waals surface area contributed by atoms with Crippen molar-refractivity contribution in [3.8, 4) is 11.5 Å². The quantitative estimate of drug-likeness (QED) is 0.787. The maximum Gasteiger partial charge on any atom is 0.120 e. The van der Waals surface area contributed by atoms with Gasteiger partial charge in [-0.1, -0.05) is 0 Å². The van der Waals surface area contributed by atoms with Gasteiger partial charge in [-0.25, -0.2) is 0 Å². The van der Waals surface area contributed by atoms with E-state index in [1.54, 1.807) is 12.1 Å². The number of phenolic OH excluding ortho intramolecular Hbond substituents is 1. The summed E-state index contributed by atoms with van der Waals surface area (Å²) in [7, 11) is 0. The van der Waals surface area contributed by atoms with E-state index in [9.17, 15) is 10.2 Å². The Kier molecular flexibility index (Phi) is 6.94. The highest BCUT2D eigenvalue weighted by molar-refractivity contribution is 5.85. The number of nitrogens with zero attached hydrogens (tertiary/aromatic N) is 1. The van der Waals surface area contributed by atoms with Crippen molar-refractivity contribution in [2.24, 2.45) is 0 Å². The van der Waals surface area contributed by atoms with Crippen molar-refractivity contribution in [1.29, 1.82) is 0 Å². The fourth-order valence-electron chi connectivity index (χ4n) is 2.62. The molecule has 5 nitrogen and oxygen atoms in total. The van der Waals surface area contributed by atoms with E-state index >= 15 is 0 Å². The van der Waals surface area contributed by atoms with Gasteiger partial charge in [0.05, 0.1) is 12.6 Å². The van der Waals surface area contributed by atoms with Gasteiger partial charge >= 0.3 is 0 Å². The number of hydrogen-bond acceptors (Lipinski definition) is 5. The van der Waals surface area contributed by atoms with Crippen molar-refractivity contribution in [2.75, 3.05) is 32.8 Å². The van der Waals surface area contributed by atoms with Crippen LogP contribution in [0.15, 0.2) is 18.2 Å². The van der Waals surface area contributed by atoms with E-state index in [4.69, 9.17) is 4.74 Å². The van der Waals surface area contributed by atoms with Crippen molar-refractivity contribution in [3.63, 3.8) is 0 Å². The number of nitrogens with one attached hydrogen (secondary N) is 1. The topological polar surface area (TPSA) is 65.0 Å². The standard InChI is InChI=1S/C16H26N2O3.ClH/c1-16(2,3)21-12-4-5-15(20)13(10-12)14(11-19)18-8-6-17-7-9-18;/h4-5,10,14,17,19-20H,6-9,11H2,1-3H3;1H/t14-;/m1./s1. The minimum absolute atomic E-state index is 0. The number of aliphatic hydroxyl groups excluding tert-OH is 1. The molecule has 3 N–H and O–H groups in total. The molecule has 1 heterocycles. The lowest BCUT2D eigenvalue weighted by atomic mass is 10.0. The minimum Gasteiger partial charge on any atom is -0.508 e. The average molecular weight is 331 g/mol. The minimum atomic E-state index is -0.294. The second kappa shape index (κ2) is 8.02. The number of aliphatic hydroxyl groups is 1. The lowest BCUT2D eigenvalue weighted by Gasteiger charge is -2.34. The molecule has 0 bridgehead atoms. The molecule has 0 saturated carbocycles. The molecule has 22 heavy (non-hydrogen) atoms. The molecule has 1 aromatic rings. The molecule has 0 radical (unpaired) electrons. The molecule has 0 amide bonds. The summed E-state index contributed by atoms with van der Waals surface area (Å²) < 4.78 is 5.86. The van der Waals surface area contributed by atoms with Crippen LogP contribution in [0.5, 0.6) is 11.5 Å². The molecule has 2 rings (SSSR count). The number of phenols is 1. The zero-order valence-electron chi connectivity index (χ0n) is 13.5. The van der Waals surface area contributed by atoms with Gasteiger partial charge in [0.25, 0.3) is 0 Å². The van der Waals surface area contributed by atoms with Crippen LogP contribution in [0.2, 0.25) is 0 Å². The molecule has 0 spiro atoms. The Morgan fingerprint density at radius 3 is 2.45 bits per heavy atom. The van der Waals surface area contributed by atoms with Crippen molar-refractivity contribution >= 4 is 12.4 Å². The first-order valence-electron chi connectivity index (χ1n) is 7.48. The molecular weight excluding hydrogens is 304 g/mol. The maximum absolute atomic E-state index is 10.2. The Bertz CT molecular complexity index is 471. The third kappa shape index (κ3) is 5.02. The SMILES string of the molecule is CC(C)(C)Oc1ccc(O)c([C@@H](CO)N2CCNCC2)c1.Cl. The highest BCUT2D eigenvalue weighted by atomic mass is 35.5. The van der Waals surface area contributed by atoms with Crippen LogP contribution in [-0.2, 0) is 0 Å². The van der Waals surface area contributed by atoms with Crippen LogP contribution in [0.4, 0.5) is 0 Å². The molecule has 1 atom stereocenters. The van der Waals surface area contributed by atoms with Crippen LogP contribution in [-0.4, -0.2) is 53.5 Å². The van der Waals surface area contributed by atoms with Gasteiger partial charge in [-0.15, -0.1) is 12.4 Å². The Balaban J connectivity index is 0.00000242. The molecule has 1 aromatic carbocycles. The highest BCUT2D eigenvalue weighted by Crippen LogP contribution is 2.33. The number of ether oxygens (including phenoxy) is 1. The van der Waals surface area contributed by atoms with Gasteiger partial charge in [0.1, 0.15) is 17.1 Å². The van der Waals surface area contributed by atoms with E-state index in [-0.39, 0.29) is 36.4 Å². The van der Waals surface area contributed by atoms with E-state index in [0.717, 1.165) is 31.7 Å². The average Bonchev–Trinajstić information content (AvgIpc) is 2.43. The maximum atomic E-state index is 10.2. The Morgan fingerprint density at radius 1 is 1.27 bits per heavy atom. The highest BCUT2D eigenvalue weighted by Gasteiger charge is 2.24. The fraction of sp³-hybridized carbons (Fsp3) is 0.625. The van der Waals surface area contributed by atoms with Gasteiger partial charge in [-0.2, -0.15) is 0 Å². The van der Waals surface area contributed by atoms with Crippen LogP contribution in [0.3, 0.4) is 0 Å². The van der Waals surface area contributed by atoms with E-state index in [2.05, 4.69) is 10.2 Å². The lowest BCUT2D eigenvalue weighted by molar-refractivity contribution is 0.107. The van der Waals surface area contributed by atoms with Crippen molar-refractivity contribution in [3.05, 3.63) is 23.8 Å². The molecule has 1 fully saturated rings. The van der Waals surface area contributed by atoms with Crippen LogP contribution in [0.25, 0.3) is 0 Å². The van der Waals surface area contributed by atoms with Gasteiger partial charge in [0, 0.05) is 31.7 Å². The molecule has 0 aromatic heterocycles. The Labute approximate surface area is 138 Å². The number of piperazine rings is 1. The van der Waals surface area contributed by atoms with Gasteiger partial charge in [0.15, 0.2) is 0 Å². The third-order valence-electron chi connectivity index (χ3n) is 3.55. The van der Waals surface area contributed by atoms with Gasteiger partial charge in [0.2, 0.25) is 0 Å². The zero-order valence-corrected chi connectivity index (χ0v) is 14.3. The van der Waals surface area contributed by atoms with E-state index in [0.29, 0.717) is 5.75 Å². The Morgan fingerprint density at radius 2 is 1.91 bits per heavy atom. The monoisotopic (exact) mass is 330 g/mol. The first-order chi connectivity index (χ1) is 9.90. The summed E-state index contributed by atoms with van der Waals surface area (Å²) >= 11 is 0. The second-order valence-corrected chi connectivity index (χ2v) is 6.42. The number of rotatable bonds is 4. The van der Waals surface area contributed by atoms with Gasteiger partial charge in [-0.05, 0) is 39.0 Å². The molecule has 126 valence electrons. The summed E-state index contributed by atoms with van der Waals surface area (Å²) in [5.74, 6) is 0.915. The lowest BCUT2D eigenvalue weighted by Crippen LogP contribution is -2.46. The summed E-state index contributed by atoms with van der Waals surface area (Å²) in [5.41, 5.74) is 0.430. The summed E-state index contributed by atoms with van der Waals surface area (Å²) in [5, 5.41) is 23.2. The van der Waals surface area contributed by atoms with Crippen molar-refractivity contribution in [2.45, 2.75) is 32.4 Å². The molecule has 0 unspecified atom stereocenters. The number of aromatic hydroxyl groups is 1. The molecular formula is C16H27ClN2O3. The molecule has 1 saturated heterocycles. The fourth-order valence-corrected chi connectivity index (χ4v) is 2.62. The first-order valence-corrected chi connectivity index (χ1v) is 7.48. The van der Waals surface area contributed by atoms with Crippen molar-refractivity contribution < 1.29 is 14.9 Å². The van der Waals surface area contributed by atoms with E-state index in [1.165, 1.54) is 0 Å². The van der Waals surface area contributed by atoms with E-state index < -0.39 is 0 Å². The third-order valence-corrected chi connectivity index (χ3v) is 3.55. The molecule has 1 aliphatic rings. The van der Waals surface area contributed by atoms with Crippen LogP contribution in [0, 0.1) is 0 Å². The van der Waals surface area contributed by atoms with Crippen LogP contribution < -0.4 is 10.1 Å². The predicted molar refractivity (Wildman–Crippen MR) is 90.0 cm³/mol. The normalized spacial score (nSPS) is 17.6. The smallest absolute Gasteiger partial charge is 0.120 e. The van der Waals surface area contributed by atoms with Crippen LogP contribution >= 0.6 is 12.4 Å². The number of hydrogen-bond donors (Lipinski definition) is 3. The van der Waals surface area contributed by atoms with Crippen molar-refractivity contribution in [1.82, 2.24) is 10.2 Å². The number of benzene rings is 1. The van der Waals surface area contributed by atoms with E-state index in [1.807, 2.05) is 26.8 Å². The van der Waals surface area contributed by atoms with Gasteiger partial charge < -0.3 is 20.3 Å². The first kappa shape index (κ1) is 19.0. The van der Waals surface area contributed by atoms with Gasteiger partial charge in [-0.3, -0.25) is 4.90 Å². The molecule has 1 aliphatic heterocycles. The molecule has 6 heteroatoms. The second-order valence-electron chi connectivity index (χ2n) is 6.42. The van der Waals surface area contributed by atoms with Crippen LogP contribution in [0.1, 0.15) is 32.4 Å². The number of halogens is 1. The largest absolute Gasteiger partial charge is 0.508 e. The predicted octanol–water partition coefficient (Wildman–Crippen LogP) is 1.93. The molecule has 0 aliphatic carbocycles. The zero-order chi connectivity index (χ0) is 15.5. The summed E-state index contributed by atoms with van der Waals surface area (Å²) in [6.45, 7) is 9.44. The Hall–Kier alpha value is -1.01.